The Morgan fingerprint density at radius 3 is 2.14 bits per heavy atom. The predicted octanol–water partition coefficient (Wildman–Crippen LogP) is 8.89. The van der Waals surface area contributed by atoms with Crippen LogP contribution in [-0.4, -0.2) is 29.7 Å². The molecule has 1 aromatic heterocycles. The zero-order valence-electron chi connectivity index (χ0n) is 23.0. The van der Waals surface area contributed by atoms with Crippen LogP contribution in [-0.2, 0) is 11.0 Å². The SMILES string of the molecule is Cc1cc(OC(CCCCCC(F)(F)F)c2ccc(C(=O)NCCC(=O)O)s2)cc(C)c1-c1ccc(C(F)(F)F)cc1. The van der Waals surface area contributed by atoms with Crippen molar-refractivity contribution in [2.75, 3.05) is 6.54 Å². The summed E-state index contributed by atoms with van der Waals surface area (Å²) in [5, 5.41) is 11.3. The Morgan fingerprint density at radius 2 is 1.57 bits per heavy atom. The van der Waals surface area contributed by atoms with Gasteiger partial charge in [0.05, 0.1) is 16.9 Å². The zero-order chi connectivity index (χ0) is 31.1. The molecule has 228 valence electrons. The Bertz CT molecular complexity index is 1340. The van der Waals surface area contributed by atoms with Gasteiger partial charge in [-0.25, -0.2) is 0 Å². The van der Waals surface area contributed by atoms with Crippen LogP contribution in [0.25, 0.3) is 11.1 Å². The molecule has 1 atom stereocenters. The summed E-state index contributed by atoms with van der Waals surface area (Å²) in [6, 6.07) is 11.7. The summed E-state index contributed by atoms with van der Waals surface area (Å²) in [7, 11) is 0. The van der Waals surface area contributed by atoms with E-state index in [-0.39, 0.29) is 19.4 Å². The summed E-state index contributed by atoms with van der Waals surface area (Å²) in [5.74, 6) is -1.01. The van der Waals surface area contributed by atoms with E-state index < -0.39 is 42.3 Å². The quantitative estimate of drug-likeness (QED) is 0.149. The van der Waals surface area contributed by atoms with Gasteiger partial charge in [0.2, 0.25) is 0 Å². The van der Waals surface area contributed by atoms with Crippen LogP contribution in [0.1, 0.15) is 75.9 Å². The number of rotatable bonds is 13. The number of hydrogen-bond acceptors (Lipinski definition) is 4. The van der Waals surface area contributed by atoms with Crippen molar-refractivity contribution < 1.29 is 45.8 Å². The van der Waals surface area contributed by atoms with Crippen LogP contribution < -0.4 is 10.1 Å². The Kier molecular flexibility index (Phi) is 11.1. The molecule has 3 rings (SSSR count). The van der Waals surface area contributed by atoms with Crippen molar-refractivity contribution in [2.45, 2.75) is 70.8 Å². The molecule has 0 spiro atoms. The number of halogens is 6. The molecule has 0 radical (unpaired) electrons. The van der Waals surface area contributed by atoms with Crippen molar-refractivity contribution in [3.8, 4) is 16.9 Å². The third-order valence-corrected chi connectivity index (χ3v) is 7.68. The van der Waals surface area contributed by atoms with E-state index in [0.717, 1.165) is 40.2 Å². The lowest BCUT2D eigenvalue weighted by Crippen LogP contribution is -2.25. The summed E-state index contributed by atoms with van der Waals surface area (Å²) < 4.78 is 83.0. The van der Waals surface area contributed by atoms with E-state index in [9.17, 15) is 35.9 Å². The third kappa shape index (κ3) is 9.78. The lowest BCUT2D eigenvalue weighted by Gasteiger charge is -2.21. The van der Waals surface area contributed by atoms with E-state index in [1.54, 1.807) is 24.3 Å². The average Bonchev–Trinajstić information content (AvgIpc) is 3.37. The average molecular weight is 616 g/mol. The van der Waals surface area contributed by atoms with E-state index in [2.05, 4.69) is 5.32 Å². The summed E-state index contributed by atoms with van der Waals surface area (Å²) in [6.07, 6.45) is -9.19. The van der Waals surface area contributed by atoms with Gasteiger partial charge in [0, 0.05) is 17.8 Å². The van der Waals surface area contributed by atoms with Crippen LogP contribution in [0.15, 0.2) is 48.5 Å². The standard InChI is InChI=1S/C30H31F6NO4S/c1-18-16-22(17-19(2)27(18)20-7-9-21(10-8-20)30(34,35)36)41-23(6-4-3-5-14-29(31,32)33)24-11-12-25(42-24)28(40)37-15-13-26(38)39/h7-12,16-17,23H,3-6,13-15H2,1-2H3,(H,37,40)(H,38,39). The highest BCUT2D eigenvalue weighted by Gasteiger charge is 2.30. The van der Waals surface area contributed by atoms with E-state index in [0.29, 0.717) is 40.3 Å². The number of aryl methyl sites for hydroxylation is 2. The van der Waals surface area contributed by atoms with Gasteiger partial charge in [0.1, 0.15) is 11.9 Å². The van der Waals surface area contributed by atoms with Crippen LogP contribution in [0.3, 0.4) is 0 Å². The minimum absolute atomic E-state index is 0.0159. The number of alkyl halides is 6. The Labute approximate surface area is 243 Å². The second-order valence-corrected chi connectivity index (χ2v) is 11.0. The molecule has 0 bridgehead atoms. The molecule has 0 aliphatic carbocycles. The topological polar surface area (TPSA) is 75.6 Å². The van der Waals surface area contributed by atoms with Gasteiger partial charge < -0.3 is 15.2 Å². The van der Waals surface area contributed by atoms with Gasteiger partial charge in [-0.3, -0.25) is 9.59 Å². The van der Waals surface area contributed by atoms with Crippen LogP contribution in [0, 0.1) is 13.8 Å². The summed E-state index contributed by atoms with van der Waals surface area (Å²) >= 11 is 1.15. The molecular weight excluding hydrogens is 584 g/mol. The molecule has 2 aromatic carbocycles. The lowest BCUT2D eigenvalue weighted by atomic mass is 9.94. The number of unbranched alkanes of at least 4 members (excludes halogenated alkanes) is 2. The predicted molar refractivity (Wildman–Crippen MR) is 148 cm³/mol. The number of aliphatic carboxylic acids is 1. The fourth-order valence-electron chi connectivity index (χ4n) is 4.55. The van der Waals surface area contributed by atoms with Crippen LogP contribution in [0.4, 0.5) is 26.3 Å². The van der Waals surface area contributed by atoms with Gasteiger partial charge in [-0.15, -0.1) is 11.3 Å². The lowest BCUT2D eigenvalue weighted by molar-refractivity contribution is -0.138. The third-order valence-electron chi connectivity index (χ3n) is 6.50. The first-order valence-corrected chi connectivity index (χ1v) is 14.1. The van der Waals surface area contributed by atoms with Crippen molar-refractivity contribution in [3.05, 3.63) is 75.0 Å². The number of carboxylic acids is 1. The normalized spacial score (nSPS) is 12.7. The molecular formula is C30H31F6NO4S. The number of hydrogen-bond donors (Lipinski definition) is 2. The number of benzene rings is 2. The minimum Gasteiger partial charge on any atom is -0.485 e. The number of nitrogens with one attached hydrogen (secondary N) is 1. The van der Waals surface area contributed by atoms with E-state index >= 15 is 0 Å². The molecule has 0 saturated carbocycles. The molecule has 0 fully saturated rings. The molecule has 12 heteroatoms. The molecule has 1 unspecified atom stereocenters. The molecule has 3 aromatic rings. The van der Waals surface area contributed by atoms with Gasteiger partial charge in [0.15, 0.2) is 0 Å². The van der Waals surface area contributed by atoms with Crippen LogP contribution in [0.5, 0.6) is 5.75 Å². The maximum atomic E-state index is 13.0. The van der Waals surface area contributed by atoms with Gasteiger partial charge in [-0.05, 0) is 91.8 Å². The largest absolute Gasteiger partial charge is 0.485 e. The number of carbonyl (C=O) groups is 2. The Morgan fingerprint density at radius 1 is 0.929 bits per heavy atom. The molecule has 2 N–H and O–H groups in total. The summed E-state index contributed by atoms with van der Waals surface area (Å²) in [6.45, 7) is 3.58. The van der Waals surface area contributed by atoms with Crippen LogP contribution >= 0.6 is 11.3 Å². The highest BCUT2D eigenvalue weighted by Crippen LogP contribution is 2.37. The van der Waals surface area contributed by atoms with Crippen LogP contribution in [0.2, 0.25) is 0 Å². The summed E-state index contributed by atoms with van der Waals surface area (Å²) in [4.78, 5) is 24.2. The molecule has 1 heterocycles. The number of amides is 1. The van der Waals surface area contributed by atoms with Gasteiger partial charge in [0.25, 0.3) is 5.91 Å². The maximum absolute atomic E-state index is 13.0. The maximum Gasteiger partial charge on any atom is 0.416 e. The Balaban J connectivity index is 1.80. The van der Waals surface area contributed by atoms with Gasteiger partial charge >= 0.3 is 18.3 Å². The highest BCUT2D eigenvalue weighted by molar-refractivity contribution is 7.14. The van der Waals surface area contributed by atoms with Crippen molar-refractivity contribution in [3.63, 3.8) is 0 Å². The van der Waals surface area contributed by atoms with Gasteiger partial charge in [-0.2, -0.15) is 26.3 Å². The number of thiophene rings is 1. The fraction of sp³-hybridized carbons (Fsp3) is 0.400. The second-order valence-electron chi connectivity index (χ2n) is 9.93. The molecule has 1 amide bonds. The first-order chi connectivity index (χ1) is 19.6. The van der Waals surface area contributed by atoms with E-state index in [1.165, 1.54) is 12.1 Å². The molecule has 0 aliphatic heterocycles. The number of carbonyl (C=O) groups excluding carboxylic acids is 1. The molecule has 42 heavy (non-hydrogen) atoms. The molecule has 5 nitrogen and oxygen atoms in total. The van der Waals surface area contributed by atoms with Crippen molar-refractivity contribution in [1.29, 1.82) is 0 Å². The molecule has 0 saturated heterocycles. The van der Waals surface area contributed by atoms with E-state index in [4.69, 9.17) is 9.84 Å². The summed E-state index contributed by atoms with van der Waals surface area (Å²) in [5.41, 5.74) is 2.15. The number of ether oxygens (including phenoxy) is 1. The first kappa shape index (κ1) is 33.0. The minimum atomic E-state index is -4.44. The fourth-order valence-corrected chi connectivity index (χ4v) is 5.53. The monoisotopic (exact) mass is 615 g/mol. The van der Waals surface area contributed by atoms with Crippen molar-refractivity contribution in [1.82, 2.24) is 5.32 Å². The number of carboxylic acid groups (broad SMARTS) is 1. The molecule has 0 aliphatic rings. The van der Waals surface area contributed by atoms with Gasteiger partial charge in [-0.1, -0.05) is 18.6 Å². The smallest absolute Gasteiger partial charge is 0.416 e. The second kappa shape index (κ2) is 14.1. The zero-order valence-corrected chi connectivity index (χ0v) is 23.8. The first-order valence-electron chi connectivity index (χ1n) is 13.3. The Hall–Kier alpha value is -3.54. The highest BCUT2D eigenvalue weighted by atomic mass is 32.1. The van der Waals surface area contributed by atoms with Crippen molar-refractivity contribution >= 4 is 23.2 Å². The van der Waals surface area contributed by atoms with Crippen molar-refractivity contribution in [2.24, 2.45) is 0 Å². The van der Waals surface area contributed by atoms with E-state index in [1.807, 2.05) is 13.8 Å².